The van der Waals surface area contributed by atoms with Crippen LogP contribution in [0.2, 0.25) is 0 Å². The summed E-state index contributed by atoms with van der Waals surface area (Å²) in [5, 5.41) is 0. The molecule has 1 heterocycles. The van der Waals surface area contributed by atoms with Crippen LogP contribution in [0, 0.1) is 5.92 Å². The molecule has 0 bridgehead atoms. The van der Waals surface area contributed by atoms with Crippen LogP contribution in [0.25, 0.3) is 12.2 Å². The molecule has 0 saturated heterocycles. The van der Waals surface area contributed by atoms with Crippen molar-refractivity contribution in [1.82, 2.24) is 4.98 Å². The SMILES string of the molecule is CC1C=Cc2[nH]c3c(c2C1)CCC=C3.[HH]. The third kappa shape index (κ3) is 1.08. The number of rotatable bonds is 0. The van der Waals surface area contributed by atoms with Gasteiger partial charge in [0.1, 0.15) is 0 Å². The standard InChI is InChI=1S/C13H15N.H2/c1-9-6-7-13-11(8-9)10-4-2-3-5-12(10)14-13;/h3,5-7,9,14H,2,4,8H2,1H3;1H. The molecule has 1 atom stereocenters. The minimum Gasteiger partial charge on any atom is -0.355 e. The summed E-state index contributed by atoms with van der Waals surface area (Å²) in [6, 6.07) is 0. The number of allylic oxidation sites excluding steroid dienone is 2. The smallest absolute Gasteiger partial charge is 0.0417 e. The first-order chi connectivity index (χ1) is 6.84. The number of nitrogens with one attached hydrogen (secondary N) is 1. The molecule has 1 nitrogen and oxygen atoms in total. The van der Waals surface area contributed by atoms with E-state index in [2.05, 4.69) is 36.2 Å². The average molecular weight is 187 g/mol. The average Bonchev–Trinajstić information content (AvgIpc) is 2.56. The lowest BCUT2D eigenvalue weighted by Gasteiger charge is -2.14. The van der Waals surface area contributed by atoms with Gasteiger partial charge in [0.05, 0.1) is 0 Å². The third-order valence-electron chi connectivity index (χ3n) is 3.25. The van der Waals surface area contributed by atoms with Gasteiger partial charge in [-0.05, 0) is 48.5 Å². The molecule has 0 amide bonds. The maximum atomic E-state index is 3.50. The van der Waals surface area contributed by atoms with Crippen molar-refractivity contribution in [3.05, 3.63) is 34.7 Å². The quantitative estimate of drug-likeness (QED) is 0.640. The van der Waals surface area contributed by atoms with Crippen molar-refractivity contribution in [1.29, 1.82) is 0 Å². The number of H-pyrrole nitrogens is 1. The summed E-state index contributed by atoms with van der Waals surface area (Å²) in [5.74, 6) is 0.702. The van der Waals surface area contributed by atoms with Gasteiger partial charge < -0.3 is 4.98 Å². The minimum atomic E-state index is 0. The molecule has 2 aliphatic carbocycles. The highest BCUT2D eigenvalue weighted by atomic mass is 14.7. The summed E-state index contributed by atoms with van der Waals surface area (Å²) in [6.07, 6.45) is 12.7. The van der Waals surface area contributed by atoms with Gasteiger partial charge >= 0.3 is 0 Å². The number of fused-ring (bicyclic) bond motifs is 3. The van der Waals surface area contributed by atoms with Crippen molar-refractivity contribution in [2.75, 3.05) is 0 Å². The van der Waals surface area contributed by atoms with Crippen LogP contribution in [0.4, 0.5) is 0 Å². The maximum Gasteiger partial charge on any atom is 0.0417 e. The van der Waals surface area contributed by atoms with Crippen LogP contribution in [0.1, 0.15) is 37.3 Å². The van der Waals surface area contributed by atoms with Gasteiger partial charge in [0.2, 0.25) is 0 Å². The minimum absolute atomic E-state index is 0. The highest BCUT2D eigenvalue weighted by molar-refractivity contribution is 5.65. The molecule has 3 rings (SSSR count). The highest BCUT2D eigenvalue weighted by Gasteiger charge is 2.19. The molecule has 0 fully saturated rings. The molecule has 0 spiro atoms. The lowest BCUT2D eigenvalue weighted by Crippen LogP contribution is -2.04. The topological polar surface area (TPSA) is 15.8 Å². The molecular weight excluding hydrogens is 170 g/mol. The van der Waals surface area contributed by atoms with Crippen LogP contribution in [0.15, 0.2) is 12.2 Å². The van der Waals surface area contributed by atoms with Crippen LogP contribution in [0.5, 0.6) is 0 Å². The molecule has 14 heavy (non-hydrogen) atoms. The fourth-order valence-corrected chi connectivity index (χ4v) is 2.50. The summed E-state index contributed by atoms with van der Waals surface area (Å²) >= 11 is 0. The Morgan fingerprint density at radius 3 is 3.07 bits per heavy atom. The molecule has 74 valence electrons. The molecule has 1 aromatic rings. The molecule has 0 aliphatic heterocycles. The Morgan fingerprint density at radius 2 is 2.14 bits per heavy atom. The van der Waals surface area contributed by atoms with E-state index in [4.69, 9.17) is 0 Å². The van der Waals surface area contributed by atoms with Gasteiger partial charge in [-0.25, -0.2) is 0 Å². The Labute approximate surface area is 86.0 Å². The van der Waals surface area contributed by atoms with Crippen LogP contribution in [-0.4, -0.2) is 4.98 Å². The predicted octanol–water partition coefficient (Wildman–Crippen LogP) is 3.43. The highest BCUT2D eigenvalue weighted by Crippen LogP contribution is 2.31. The Balaban J connectivity index is 0.000000853. The number of hydrogen-bond donors (Lipinski definition) is 1. The first-order valence-electron chi connectivity index (χ1n) is 5.43. The second-order valence-electron chi connectivity index (χ2n) is 4.39. The van der Waals surface area contributed by atoms with Crippen LogP contribution >= 0.6 is 0 Å². The van der Waals surface area contributed by atoms with E-state index >= 15 is 0 Å². The van der Waals surface area contributed by atoms with Crippen molar-refractivity contribution < 1.29 is 1.43 Å². The van der Waals surface area contributed by atoms with Crippen molar-refractivity contribution in [3.8, 4) is 0 Å². The molecule has 1 heteroatoms. The monoisotopic (exact) mass is 187 g/mol. The zero-order chi connectivity index (χ0) is 9.54. The lowest BCUT2D eigenvalue weighted by molar-refractivity contribution is 0.710. The molecule has 0 saturated carbocycles. The zero-order valence-corrected chi connectivity index (χ0v) is 8.51. The van der Waals surface area contributed by atoms with Gasteiger partial charge in [-0.1, -0.05) is 19.1 Å². The fourth-order valence-electron chi connectivity index (χ4n) is 2.50. The van der Waals surface area contributed by atoms with E-state index in [-0.39, 0.29) is 1.43 Å². The summed E-state index contributed by atoms with van der Waals surface area (Å²) in [7, 11) is 0. The number of aromatic nitrogens is 1. The van der Waals surface area contributed by atoms with Gasteiger partial charge in [-0.3, -0.25) is 0 Å². The van der Waals surface area contributed by atoms with E-state index in [1.54, 1.807) is 11.1 Å². The largest absolute Gasteiger partial charge is 0.355 e. The van der Waals surface area contributed by atoms with Crippen molar-refractivity contribution in [2.24, 2.45) is 5.92 Å². The number of aromatic amines is 1. The molecule has 1 unspecified atom stereocenters. The normalized spacial score (nSPS) is 23.4. The Morgan fingerprint density at radius 1 is 1.29 bits per heavy atom. The van der Waals surface area contributed by atoms with E-state index in [9.17, 15) is 0 Å². The molecule has 2 aliphatic rings. The van der Waals surface area contributed by atoms with Crippen molar-refractivity contribution in [3.63, 3.8) is 0 Å². The Hall–Kier alpha value is -1.24. The number of hydrogen-bond acceptors (Lipinski definition) is 0. The zero-order valence-electron chi connectivity index (χ0n) is 8.51. The molecule has 0 radical (unpaired) electrons. The summed E-state index contributed by atoms with van der Waals surface area (Å²) in [6.45, 7) is 2.29. The second kappa shape index (κ2) is 2.88. The Bertz CT molecular complexity index is 426. The van der Waals surface area contributed by atoms with Gasteiger partial charge in [0, 0.05) is 12.8 Å². The molecular formula is C13H17N. The van der Waals surface area contributed by atoms with Crippen LogP contribution in [0.3, 0.4) is 0 Å². The van der Waals surface area contributed by atoms with E-state index in [1.165, 1.54) is 30.7 Å². The van der Waals surface area contributed by atoms with Gasteiger partial charge in [0.15, 0.2) is 0 Å². The molecule has 1 N–H and O–H groups in total. The van der Waals surface area contributed by atoms with Crippen molar-refractivity contribution in [2.45, 2.75) is 26.2 Å². The molecule has 1 aromatic heterocycles. The maximum absolute atomic E-state index is 3.50. The second-order valence-corrected chi connectivity index (χ2v) is 4.39. The first kappa shape index (κ1) is 8.10. The van der Waals surface area contributed by atoms with Crippen LogP contribution in [-0.2, 0) is 12.8 Å². The third-order valence-corrected chi connectivity index (χ3v) is 3.25. The summed E-state index contributed by atoms with van der Waals surface area (Å²) < 4.78 is 0. The fraction of sp³-hybridized carbons (Fsp3) is 0.385. The van der Waals surface area contributed by atoms with Crippen molar-refractivity contribution >= 4 is 12.2 Å². The van der Waals surface area contributed by atoms with Crippen LogP contribution < -0.4 is 0 Å². The van der Waals surface area contributed by atoms with E-state index in [0.717, 1.165) is 0 Å². The van der Waals surface area contributed by atoms with Gasteiger partial charge in [-0.2, -0.15) is 0 Å². The van der Waals surface area contributed by atoms with E-state index in [0.29, 0.717) is 5.92 Å². The Kier molecular flexibility index (Phi) is 1.66. The first-order valence-corrected chi connectivity index (χ1v) is 5.43. The van der Waals surface area contributed by atoms with E-state index < -0.39 is 0 Å². The summed E-state index contributed by atoms with van der Waals surface area (Å²) in [5.41, 5.74) is 5.83. The summed E-state index contributed by atoms with van der Waals surface area (Å²) in [4.78, 5) is 3.50. The van der Waals surface area contributed by atoms with Gasteiger partial charge in [-0.15, -0.1) is 0 Å². The molecule has 0 aromatic carbocycles. The van der Waals surface area contributed by atoms with Gasteiger partial charge in [0.25, 0.3) is 0 Å². The predicted molar refractivity (Wildman–Crippen MR) is 62.2 cm³/mol. The van der Waals surface area contributed by atoms with E-state index in [1.807, 2.05) is 0 Å². The lowest BCUT2D eigenvalue weighted by atomic mass is 9.89.